The zero-order chi connectivity index (χ0) is 18.3. The smallest absolute Gasteiger partial charge is 0.258 e. The van der Waals surface area contributed by atoms with Crippen LogP contribution in [0.4, 0.5) is 0 Å². The largest absolute Gasteiger partial charge is 0.294 e. The van der Waals surface area contributed by atoms with Crippen molar-refractivity contribution in [3.63, 3.8) is 0 Å². The summed E-state index contributed by atoms with van der Waals surface area (Å²) in [7, 11) is 0. The molecule has 2 aromatic rings. The summed E-state index contributed by atoms with van der Waals surface area (Å²) in [6, 6.07) is 15.5. The van der Waals surface area contributed by atoms with Gasteiger partial charge in [-0.05, 0) is 42.5 Å². The van der Waals surface area contributed by atoms with Gasteiger partial charge >= 0.3 is 0 Å². The average Bonchev–Trinajstić information content (AvgIpc) is 2.57. The number of hydrogen-bond acceptors (Lipinski definition) is 3. The first-order chi connectivity index (χ1) is 12.5. The van der Waals surface area contributed by atoms with Crippen LogP contribution < -0.4 is 0 Å². The van der Waals surface area contributed by atoms with Crippen LogP contribution in [-0.4, -0.2) is 27.3 Å². The fraction of sp³-hybridized carbons (Fsp3) is 0.400. The molecule has 2 aromatic carbocycles. The molecule has 2 bridgehead atoms. The molecule has 1 aliphatic carbocycles. The molecular formula is C20H20BrClN2O2. The number of benzene rings is 2. The second kappa shape index (κ2) is 6.95. The van der Waals surface area contributed by atoms with Crippen molar-refractivity contribution in [1.82, 2.24) is 4.90 Å². The quantitative estimate of drug-likeness (QED) is 0.389. The topological polar surface area (TPSA) is 46.4 Å². The van der Waals surface area contributed by atoms with Gasteiger partial charge in [-0.25, -0.2) is 0 Å². The van der Waals surface area contributed by atoms with E-state index in [1.807, 2.05) is 36.4 Å². The van der Waals surface area contributed by atoms with Crippen LogP contribution in [-0.2, 0) is 13.0 Å². The predicted octanol–water partition coefficient (Wildman–Crippen LogP) is 4.97. The zero-order valence-corrected chi connectivity index (χ0v) is 16.6. The van der Waals surface area contributed by atoms with E-state index in [0.717, 1.165) is 35.0 Å². The normalized spacial score (nSPS) is 28.2. The van der Waals surface area contributed by atoms with Gasteiger partial charge in [0.1, 0.15) is 4.87 Å². The maximum absolute atomic E-state index is 12.0. The minimum Gasteiger partial charge on any atom is -0.294 e. The molecular weight excluding hydrogens is 416 g/mol. The molecule has 5 rings (SSSR count). The van der Waals surface area contributed by atoms with E-state index in [0.29, 0.717) is 19.0 Å². The minimum atomic E-state index is -0.872. The summed E-state index contributed by atoms with van der Waals surface area (Å²) in [5, 5.41) is 12.0. The molecule has 0 radical (unpaired) electrons. The van der Waals surface area contributed by atoms with Crippen LogP contribution in [0.1, 0.15) is 35.6 Å². The lowest BCUT2D eigenvalue weighted by Crippen LogP contribution is -2.55. The molecule has 4 nitrogen and oxygen atoms in total. The second-order valence-corrected chi connectivity index (χ2v) is 9.02. The Hall–Kier alpha value is -1.43. The van der Waals surface area contributed by atoms with Gasteiger partial charge in [0.15, 0.2) is 0 Å². The van der Waals surface area contributed by atoms with E-state index in [-0.39, 0.29) is 4.92 Å². The van der Waals surface area contributed by atoms with Crippen molar-refractivity contribution in [3.8, 4) is 0 Å². The Morgan fingerprint density at radius 3 is 2.85 bits per heavy atom. The van der Waals surface area contributed by atoms with Gasteiger partial charge in [0, 0.05) is 34.1 Å². The summed E-state index contributed by atoms with van der Waals surface area (Å²) in [5.74, 6) is 0. The fourth-order valence-corrected chi connectivity index (χ4v) is 5.37. The highest BCUT2D eigenvalue weighted by molar-refractivity contribution is 9.10. The highest BCUT2D eigenvalue weighted by Gasteiger charge is 2.53. The lowest BCUT2D eigenvalue weighted by molar-refractivity contribution is -0.537. The summed E-state index contributed by atoms with van der Waals surface area (Å²) in [4.78, 5) is 13.3. The number of piperidine rings is 1. The van der Waals surface area contributed by atoms with Crippen LogP contribution in [0.25, 0.3) is 0 Å². The van der Waals surface area contributed by atoms with Crippen molar-refractivity contribution in [2.24, 2.45) is 0 Å². The Labute approximate surface area is 166 Å². The number of rotatable bonds is 3. The lowest BCUT2D eigenvalue weighted by Gasteiger charge is -2.47. The minimum absolute atomic E-state index is 0.186. The molecule has 3 unspecified atom stereocenters. The van der Waals surface area contributed by atoms with Gasteiger partial charge in [-0.15, -0.1) is 11.6 Å². The van der Waals surface area contributed by atoms with Crippen LogP contribution in [0.3, 0.4) is 0 Å². The molecule has 0 amide bonds. The third-order valence-electron chi connectivity index (χ3n) is 5.66. The first-order valence-corrected chi connectivity index (χ1v) is 10.0. The van der Waals surface area contributed by atoms with Crippen molar-refractivity contribution in [1.29, 1.82) is 0 Å². The standard InChI is InChI=1S/C20H20BrClN2O2/c21-16-6-3-4-14(10-16)12-23-13-20(22)9-8-17(23)11-15-5-1-2-7-18(15)19(20)24(25)26/h1-7,10,17,19H,8-9,11-13H2. The number of halogens is 2. The molecule has 26 heavy (non-hydrogen) atoms. The maximum atomic E-state index is 12.0. The average molecular weight is 436 g/mol. The third-order valence-corrected chi connectivity index (χ3v) is 6.66. The van der Waals surface area contributed by atoms with Gasteiger partial charge in [-0.2, -0.15) is 0 Å². The lowest BCUT2D eigenvalue weighted by atomic mass is 9.76. The molecule has 136 valence electrons. The van der Waals surface area contributed by atoms with E-state index in [2.05, 4.69) is 33.0 Å². The van der Waals surface area contributed by atoms with Gasteiger partial charge < -0.3 is 0 Å². The summed E-state index contributed by atoms with van der Waals surface area (Å²) >= 11 is 10.5. The monoisotopic (exact) mass is 434 g/mol. The van der Waals surface area contributed by atoms with Crippen molar-refractivity contribution >= 4 is 27.5 Å². The predicted molar refractivity (Wildman–Crippen MR) is 106 cm³/mol. The van der Waals surface area contributed by atoms with Crippen LogP contribution >= 0.6 is 27.5 Å². The van der Waals surface area contributed by atoms with Crippen molar-refractivity contribution in [3.05, 3.63) is 79.8 Å². The van der Waals surface area contributed by atoms with E-state index in [1.54, 1.807) is 0 Å². The molecule has 6 heteroatoms. The van der Waals surface area contributed by atoms with Crippen LogP contribution in [0.15, 0.2) is 53.0 Å². The van der Waals surface area contributed by atoms with Crippen LogP contribution in [0.5, 0.6) is 0 Å². The van der Waals surface area contributed by atoms with E-state index in [9.17, 15) is 10.1 Å². The molecule has 0 saturated carbocycles. The summed E-state index contributed by atoms with van der Waals surface area (Å²) in [6.45, 7) is 1.29. The summed E-state index contributed by atoms with van der Waals surface area (Å²) in [6.07, 6.45) is 2.39. The van der Waals surface area contributed by atoms with Crippen molar-refractivity contribution < 1.29 is 4.92 Å². The summed E-state index contributed by atoms with van der Waals surface area (Å²) < 4.78 is 1.04. The van der Waals surface area contributed by atoms with E-state index >= 15 is 0 Å². The van der Waals surface area contributed by atoms with Crippen LogP contribution in [0.2, 0.25) is 0 Å². The molecule has 3 aliphatic rings. The van der Waals surface area contributed by atoms with Gasteiger partial charge in [0.2, 0.25) is 0 Å². The number of nitro groups is 1. The van der Waals surface area contributed by atoms with E-state index in [4.69, 9.17) is 11.6 Å². The Kier molecular flexibility index (Phi) is 4.80. The molecule has 0 spiro atoms. The molecule has 0 N–H and O–H groups in total. The number of nitrogens with zero attached hydrogens (tertiary/aromatic N) is 2. The first kappa shape index (κ1) is 18.0. The molecule has 0 aromatic heterocycles. The van der Waals surface area contributed by atoms with Crippen LogP contribution in [0, 0.1) is 10.1 Å². The number of fused-ring (bicyclic) bond motifs is 2. The zero-order valence-electron chi connectivity index (χ0n) is 14.3. The summed E-state index contributed by atoms with van der Waals surface area (Å²) in [5.41, 5.74) is 3.04. The van der Waals surface area contributed by atoms with Crippen molar-refractivity contribution in [2.75, 3.05) is 6.54 Å². The maximum Gasteiger partial charge on any atom is 0.258 e. The van der Waals surface area contributed by atoms with Gasteiger partial charge in [0.05, 0.1) is 0 Å². The Morgan fingerprint density at radius 2 is 2.08 bits per heavy atom. The van der Waals surface area contributed by atoms with Gasteiger partial charge in [-0.3, -0.25) is 15.0 Å². The highest BCUT2D eigenvalue weighted by Crippen LogP contribution is 2.47. The highest BCUT2D eigenvalue weighted by atomic mass is 79.9. The third kappa shape index (κ3) is 3.28. The number of hydrogen-bond donors (Lipinski definition) is 0. The number of alkyl halides is 1. The van der Waals surface area contributed by atoms with Gasteiger partial charge in [-0.1, -0.05) is 52.3 Å². The molecule has 1 fully saturated rings. The Bertz CT molecular complexity index is 846. The fourth-order valence-electron chi connectivity index (χ4n) is 4.47. The Balaban J connectivity index is 1.73. The molecule has 2 aliphatic heterocycles. The molecule has 1 saturated heterocycles. The second-order valence-electron chi connectivity index (χ2n) is 7.35. The van der Waals surface area contributed by atoms with Gasteiger partial charge in [0.25, 0.3) is 6.04 Å². The Morgan fingerprint density at radius 1 is 1.27 bits per heavy atom. The van der Waals surface area contributed by atoms with E-state index in [1.165, 1.54) is 5.56 Å². The van der Waals surface area contributed by atoms with E-state index < -0.39 is 10.9 Å². The van der Waals surface area contributed by atoms with Crippen molar-refractivity contribution in [2.45, 2.75) is 42.8 Å². The molecule has 3 atom stereocenters. The molecule has 2 heterocycles. The SMILES string of the molecule is O=[N+]([O-])C1c2ccccc2CC2CCC1(Cl)CN2Cc1cccc(Br)c1. The first-order valence-electron chi connectivity index (χ1n) is 8.85.